The average Bonchev–Trinajstić information content (AvgIpc) is 3.26. The number of thiocarbonyl (C=S) groups is 1. The van der Waals surface area contributed by atoms with Gasteiger partial charge in [0, 0.05) is 24.6 Å². The highest BCUT2D eigenvalue weighted by Crippen LogP contribution is 2.34. The van der Waals surface area contributed by atoms with Gasteiger partial charge >= 0.3 is 5.97 Å². The molecule has 2 heterocycles. The summed E-state index contributed by atoms with van der Waals surface area (Å²) < 4.78 is 6.09. The first-order valence-corrected chi connectivity index (χ1v) is 10.5. The van der Waals surface area contributed by atoms with E-state index in [1.165, 1.54) is 4.90 Å². The van der Waals surface area contributed by atoms with Crippen LogP contribution in [-0.4, -0.2) is 45.2 Å². The molecule has 0 atom stereocenters. The molecule has 11 heteroatoms. The minimum Gasteiger partial charge on any atom is -0.480 e. The van der Waals surface area contributed by atoms with E-state index in [-0.39, 0.29) is 18.9 Å². The van der Waals surface area contributed by atoms with E-state index in [4.69, 9.17) is 44.9 Å². The summed E-state index contributed by atoms with van der Waals surface area (Å²) in [4.78, 5) is 36.4. The Labute approximate surface area is 191 Å². The van der Waals surface area contributed by atoms with E-state index < -0.39 is 18.4 Å². The summed E-state index contributed by atoms with van der Waals surface area (Å²) in [6.07, 6.45) is 1.51. The van der Waals surface area contributed by atoms with Crippen molar-refractivity contribution in [2.45, 2.75) is 6.42 Å². The monoisotopic (exact) mass is 484 g/mol. The van der Waals surface area contributed by atoms with Crippen LogP contribution < -0.4 is 5.32 Å². The molecule has 1 aromatic heterocycles. The molecule has 0 bridgehead atoms. The van der Waals surface area contributed by atoms with Gasteiger partial charge in [-0.05, 0) is 30.3 Å². The molecule has 1 aliphatic rings. The van der Waals surface area contributed by atoms with Crippen molar-refractivity contribution in [2.75, 3.05) is 13.1 Å². The van der Waals surface area contributed by atoms with E-state index in [1.54, 1.807) is 36.4 Å². The van der Waals surface area contributed by atoms with Crippen molar-refractivity contribution in [1.82, 2.24) is 10.2 Å². The lowest BCUT2D eigenvalue weighted by molar-refractivity contribution is -0.138. The number of carboxylic acid groups (broad SMARTS) is 1. The smallest absolute Gasteiger partial charge is 0.322 e. The van der Waals surface area contributed by atoms with E-state index in [0.717, 1.165) is 17.3 Å². The lowest BCUT2D eigenvalue weighted by Crippen LogP contribution is -2.35. The summed E-state index contributed by atoms with van der Waals surface area (Å²) >= 11 is 18.3. The van der Waals surface area contributed by atoms with Crippen LogP contribution in [0.15, 0.2) is 39.7 Å². The van der Waals surface area contributed by atoms with Gasteiger partial charge in [0.2, 0.25) is 5.91 Å². The molecule has 1 fully saturated rings. The van der Waals surface area contributed by atoms with Crippen molar-refractivity contribution in [3.63, 3.8) is 0 Å². The topological polar surface area (TPSA) is 99.9 Å². The minimum atomic E-state index is -1.14. The van der Waals surface area contributed by atoms with Gasteiger partial charge < -0.3 is 14.8 Å². The highest BCUT2D eigenvalue weighted by molar-refractivity contribution is 8.26. The van der Waals surface area contributed by atoms with E-state index in [1.807, 2.05) is 0 Å². The molecule has 0 radical (unpaired) electrons. The first-order valence-electron chi connectivity index (χ1n) is 8.53. The van der Waals surface area contributed by atoms with Gasteiger partial charge in [-0.2, -0.15) is 0 Å². The van der Waals surface area contributed by atoms with Crippen LogP contribution in [-0.2, 0) is 14.4 Å². The Bertz CT molecular complexity index is 1070. The molecule has 0 saturated carbocycles. The van der Waals surface area contributed by atoms with Crippen molar-refractivity contribution < 1.29 is 23.9 Å². The summed E-state index contributed by atoms with van der Waals surface area (Å²) in [7, 11) is 0. The van der Waals surface area contributed by atoms with Crippen LogP contribution in [0.1, 0.15) is 12.2 Å². The lowest BCUT2D eigenvalue weighted by Gasteiger charge is -2.13. The molecule has 7 nitrogen and oxygen atoms in total. The molecule has 3 rings (SSSR count). The maximum atomic E-state index is 12.6. The highest BCUT2D eigenvalue weighted by atomic mass is 35.5. The summed E-state index contributed by atoms with van der Waals surface area (Å²) in [6.45, 7) is -0.420. The van der Waals surface area contributed by atoms with Crippen LogP contribution in [0.25, 0.3) is 17.4 Å². The van der Waals surface area contributed by atoms with Gasteiger partial charge in [-0.3, -0.25) is 19.3 Å². The fourth-order valence-corrected chi connectivity index (χ4v) is 4.12. The van der Waals surface area contributed by atoms with Gasteiger partial charge in [-0.15, -0.1) is 0 Å². The second-order valence-electron chi connectivity index (χ2n) is 6.08. The molecule has 1 saturated heterocycles. The third-order valence-electron chi connectivity index (χ3n) is 3.98. The number of carbonyl (C=O) groups is 3. The Morgan fingerprint density at radius 2 is 2.00 bits per heavy atom. The number of carbonyl (C=O) groups excluding carboxylic acids is 2. The molecule has 2 aromatic rings. The molecule has 2 N–H and O–H groups in total. The fourth-order valence-electron chi connectivity index (χ4n) is 2.53. The van der Waals surface area contributed by atoms with E-state index in [2.05, 4.69) is 5.32 Å². The average molecular weight is 485 g/mol. The summed E-state index contributed by atoms with van der Waals surface area (Å²) in [5.74, 6) is -0.951. The van der Waals surface area contributed by atoms with E-state index >= 15 is 0 Å². The fraction of sp³-hybridized carbons (Fsp3) is 0.158. The SMILES string of the molecule is O=C(O)CNC(=O)CCN1C(=O)C(=Cc2ccc(-c3ccc(Cl)c(Cl)c3)o2)SC1=S. The third-order valence-corrected chi connectivity index (χ3v) is 6.09. The van der Waals surface area contributed by atoms with E-state index in [0.29, 0.717) is 30.8 Å². The number of benzene rings is 1. The first-order chi connectivity index (χ1) is 14.2. The number of nitrogens with one attached hydrogen (secondary N) is 1. The van der Waals surface area contributed by atoms with E-state index in [9.17, 15) is 14.4 Å². The third kappa shape index (κ3) is 5.42. The summed E-state index contributed by atoms with van der Waals surface area (Å²) in [5.41, 5.74) is 0.740. The maximum absolute atomic E-state index is 12.6. The van der Waals surface area contributed by atoms with Gasteiger partial charge in [0.25, 0.3) is 5.91 Å². The number of hydrogen-bond acceptors (Lipinski definition) is 6. The van der Waals surface area contributed by atoms with Gasteiger partial charge in [-0.1, -0.05) is 47.2 Å². The zero-order chi connectivity index (χ0) is 21.8. The van der Waals surface area contributed by atoms with Crippen molar-refractivity contribution in [2.24, 2.45) is 0 Å². The van der Waals surface area contributed by atoms with Gasteiger partial charge in [0.05, 0.1) is 15.0 Å². The van der Waals surface area contributed by atoms with Crippen LogP contribution >= 0.6 is 47.2 Å². The molecule has 156 valence electrons. The quantitative estimate of drug-likeness (QED) is 0.451. The van der Waals surface area contributed by atoms with Gasteiger partial charge in [0.15, 0.2) is 0 Å². The number of halogens is 2. The number of aliphatic carboxylic acids is 1. The number of furan rings is 1. The first kappa shape index (κ1) is 22.4. The molecule has 2 amide bonds. The van der Waals surface area contributed by atoms with Crippen LogP contribution in [0.3, 0.4) is 0 Å². The molecule has 0 unspecified atom stereocenters. The second-order valence-corrected chi connectivity index (χ2v) is 8.57. The van der Waals surface area contributed by atoms with Crippen LogP contribution in [0.5, 0.6) is 0 Å². The summed E-state index contributed by atoms with van der Waals surface area (Å²) in [6, 6.07) is 8.58. The van der Waals surface area contributed by atoms with Crippen molar-refractivity contribution in [3.05, 3.63) is 51.0 Å². The van der Waals surface area contributed by atoms with Crippen LogP contribution in [0.2, 0.25) is 10.0 Å². The largest absolute Gasteiger partial charge is 0.480 e. The lowest BCUT2D eigenvalue weighted by atomic mass is 10.2. The maximum Gasteiger partial charge on any atom is 0.322 e. The molecular weight excluding hydrogens is 471 g/mol. The molecule has 30 heavy (non-hydrogen) atoms. The molecular formula is C19H14Cl2N2O5S2. The number of nitrogens with zero attached hydrogens (tertiary/aromatic N) is 1. The Balaban J connectivity index is 1.67. The number of amides is 2. The van der Waals surface area contributed by atoms with Gasteiger partial charge in [0.1, 0.15) is 22.4 Å². The zero-order valence-electron chi connectivity index (χ0n) is 15.2. The number of thioether (sulfide) groups is 1. The Kier molecular flexibility index (Phi) is 7.19. The number of hydrogen-bond donors (Lipinski definition) is 2. The Hall–Kier alpha value is -2.33. The molecule has 1 aromatic carbocycles. The minimum absolute atomic E-state index is 0.0557. The summed E-state index contributed by atoms with van der Waals surface area (Å²) in [5, 5.41) is 11.6. The molecule has 1 aliphatic heterocycles. The highest BCUT2D eigenvalue weighted by Gasteiger charge is 2.32. The number of rotatable bonds is 7. The predicted octanol–water partition coefficient (Wildman–Crippen LogP) is 4.05. The Morgan fingerprint density at radius 3 is 2.70 bits per heavy atom. The predicted molar refractivity (Wildman–Crippen MR) is 119 cm³/mol. The van der Waals surface area contributed by atoms with Gasteiger partial charge in [-0.25, -0.2) is 0 Å². The van der Waals surface area contributed by atoms with Crippen LogP contribution in [0, 0.1) is 0 Å². The zero-order valence-corrected chi connectivity index (χ0v) is 18.3. The number of carboxylic acids is 1. The molecule has 0 aliphatic carbocycles. The molecule has 0 spiro atoms. The van der Waals surface area contributed by atoms with Crippen molar-refractivity contribution in [1.29, 1.82) is 0 Å². The normalized spacial score (nSPS) is 15.1. The van der Waals surface area contributed by atoms with Crippen molar-refractivity contribution >= 4 is 75.4 Å². The standard InChI is InChI=1S/C19H14Cl2N2O5S2/c20-12-3-1-10(7-13(12)21)14-4-2-11(28-14)8-15-18(27)23(19(29)30-15)6-5-16(24)22-9-17(25)26/h1-4,7-8H,5-6,9H2,(H,22,24)(H,25,26). The second kappa shape index (κ2) is 9.65. The van der Waals surface area contributed by atoms with Crippen molar-refractivity contribution in [3.8, 4) is 11.3 Å². The Morgan fingerprint density at radius 1 is 1.23 bits per heavy atom. The van der Waals surface area contributed by atoms with Crippen LogP contribution in [0.4, 0.5) is 0 Å².